The molecule has 2 atom stereocenters. The number of aromatic amines is 1. The molecule has 0 bridgehead atoms. The summed E-state index contributed by atoms with van der Waals surface area (Å²) in [5, 5.41) is 9.26. The molecule has 0 radical (unpaired) electrons. The first-order valence-electron chi connectivity index (χ1n) is 8.39. The van der Waals surface area contributed by atoms with Crippen LogP contribution in [0.1, 0.15) is 30.8 Å². The van der Waals surface area contributed by atoms with Crippen molar-refractivity contribution >= 4 is 29.5 Å². The summed E-state index contributed by atoms with van der Waals surface area (Å²) in [6, 6.07) is 0.803. The second-order valence-electron chi connectivity index (χ2n) is 5.88. The van der Waals surface area contributed by atoms with E-state index in [1.807, 2.05) is 20.1 Å². The van der Waals surface area contributed by atoms with Crippen LogP contribution in [-0.4, -0.2) is 81.4 Å². The Kier molecular flexibility index (Phi) is 6.86. The van der Waals surface area contributed by atoms with Crippen molar-refractivity contribution in [2.75, 3.05) is 31.6 Å². The molecule has 0 aromatic carbocycles. The lowest BCUT2D eigenvalue weighted by atomic mass is 10.1. The smallest absolute Gasteiger partial charge is 0.269 e. The molecule has 2 rings (SSSR count). The summed E-state index contributed by atoms with van der Waals surface area (Å²) in [6.07, 6.45) is 3.78. The second kappa shape index (κ2) is 8.89. The van der Waals surface area contributed by atoms with Crippen LogP contribution in [0, 0.1) is 0 Å². The number of likely N-dealkylation sites (N-methyl/N-ethyl adjacent to an activating group) is 1. The lowest BCUT2D eigenvalue weighted by Gasteiger charge is -2.28. The third kappa shape index (κ3) is 4.53. The van der Waals surface area contributed by atoms with Gasteiger partial charge in [0.05, 0.1) is 5.75 Å². The van der Waals surface area contributed by atoms with Crippen LogP contribution in [0.15, 0.2) is 12.3 Å². The van der Waals surface area contributed by atoms with E-state index in [2.05, 4.69) is 15.5 Å². The first kappa shape index (κ1) is 19.3. The Morgan fingerprint density at radius 1 is 1.40 bits per heavy atom. The Hall–Kier alpha value is -2.03. The van der Waals surface area contributed by atoms with E-state index in [-0.39, 0.29) is 23.8 Å². The first-order valence-corrected chi connectivity index (χ1v) is 9.78. The fourth-order valence-electron chi connectivity index (χ4n) is 3.05. The Balaban J connectivity index is 2.11. The van der Waals surface area contributed by atoms with E-state index in [4.69, 9.17) is 0 Å². The van der Waals surface area contributed by atoms with E-state index >= 15 is 0 Å². The van der Waals surface area contributed by atoms with Gasteiger partial charge in [-0.05, 0) is 32.6 Å². The summed E-state index contributed by atoms with van der Waals surface area (Å²) < 4.78 is 0. The highest BCUT2D eigenvalue weighted by molar-refractivity contribution is 7.99. The van der Waals surface area contributed by atoms with Gasteiger partial charge in [-0.3, -0.25) is 19.5 Å². The molecule has 138 valence electrons. The molecule has 8 nitrogen and oxygen atoms in total. The zero-order chi connectivity index (χ0) is 18.4. The molecule has 2 N–H and O–H groups in total. The predicted molar refractivity (Wildman–Crippen MR) is 96.3 cm³/mol. The Morgan fingerprint density at radius 2 is 2.12 bits per heavy atom. The maximum atomic E-state index is 12.8. The van der Waals surface area contributed by atoms with E-state index in [1.165, 1.54) is 18.0 Å². The van der Waals surface area contributed by atoms with Gasteiger partial charge in [0.2, 0.25) is 11.8 Å². The minimum Gasteiger partial charge on any atom is -0.346 e. The van der Waals surface area contributed by atoms with Gasteiger partial charge in [-0.2, -0.15) is 16.9 Å². The normalized spacial score (nSPS) is 19.7. The van der Waals surface area contributed by atoms with Crippen molar-refractivity contribution in [1.29, 1.82) is 0 Å². The summed E-state index contributed by atoms with van der Waals surface area (Å²) in [5.74, 6) is -0.0896. The average Bonchev–Trinajstić information content (AvgIpc) is 3.26. The molecule has 25 heavy (non-hydrogen) atoms. The number of likely N-dealkylation sites (tertiary alicyclic amines) is 1. The lowest BCUT2D eigenvalue weighted by molar-refractivity contribution is -0.142. The van der Waals surface area contributed by atoms with Gasteiger partial charge in [-0.15, -0.1) is 0 Å². The van der Waals surface area contributed by atoms with Crippen molar-refractivity contribution in [3.05, 3.63) is 18.0 Å². The standard InChI is InChI=1S/C16H25N5O3S/c1-4-20(5-2)16(24)13-8-11(9-21(13)14(22)10-25-3)18-15(23)12-6-7-17-19-12/h6-7,11,13H,4-5,8-10H2,1-3H3,(H,17,19)(H,18,23). The summed E-state index contributed by atoms with van der Waals surface area (Å²) in [7, 11) is 0. The molecule has 0 spiro atoms. The van der Waals surface area contributed by atoms with E-state index in [0.717, 1.165) is 0 Å². The van der Waals surface area contributed by atoms with E-state index < -0.39 is 6.04 Å². The molecule has 9 heteroatoms. The SMILES string of the molecule is CCN(CC)C(=O)C1CC(NC(=O)c2ccn[nH]2)CN1C(=O)CSC. The number of H-pyrrole nitrogens is 1. The summed E-state index contributed by atoms with van der Waals surface area (Å²) in [4.78, 5) is 40.7. The number of amides is 3. The minimum atomic E-state index is -0.522. The zero-order valence-electron chi connectivity index (χ0n) is 14.8. The molecule has 1 aromatic rings. The molecule has 0 aliphatic carbocycles. The van der Waals surface area contributed by atoms with Gasteiger partial charge < -0.3 is 15.1 Å². The first-order chi connectivity index (χ1) is 12.0. The highest BCUT2D eigenvalue weighted by atomic mass is 32.2. The molecule has 1 fully saturated rings. The average molecular weight is 367 g/mol. The summed E-state index contributed by atoms with van der Waals surface area (Å²) in [5.41, 5.74) is 0.362. The maximum Gasteiger partial charge on any atom is 0.269 e. The van der Waals surface area contributed by atoms with Crippen molar-refractivity contribution in [2.45, 2.75) is 32.4 Å². The predicted octanol–water partition coefficient (Wildman–Crippen LogP) is 0.340. The minimum absolute atomic E-state index is 0.0576. The Morgan fingerprint density at radius 3 is 2.68 bits per heavy atom. The number of carbonyl (C=O) groups excluding carboxylic acids is 3. The quantitative estimate of drug-likeness (QED) is 0.724. The monoisotopic (exact) mass is 367 g/mol. The summed E-state index contributed by atoms with van der Waals surface area (Å²) in [6.45, 7) is 5.38. The summed E-state index contributed by atoms with van der Waals surface area (Å²) >= 11 is 1.43. The number of carbonyl (C=O) groups is 3. The van der Waals surface area contributed by atoms with Gasteiger partial charge in [0.15, 0.2) is 0 Å². The van der Waals surface area contributed by atoms with Crippen LogP contribution in [0.2, 0.25) is 0 Å². The topological polar surface area (TPSA) is 98.4 Å². The molecule has 0 saturated carbocycles. The zero-order valence-corrected chi connectivity index (χ0v) is 15.6. The van der Waals surface area contributed by atoms with Crippen molar-refractivity contribution in [3.8, 4) is 0 Å². The fraction of sp³-hybridized carbons (Fsp3) is 0.625. The number of thioether (sulfide) groups is 1. The van der Waals surface area contributed by atoms with Crippen LogP contribution in [0.3, 0.4) is 0 Å². The van der Waals surface area contributed by atoms with Crippen LogP contribution < -0.4 is 5.32 Å². The van der Waals surface area contributed by atoms with Gasteiger partial charge in [0.1, 0.15) is 11.7 Å². The van der Waals surface area contributed by atoms with Gasteiger partial charge in [0, 0.05) is 31.9 Å². The molecule has 2 heterocycles. The Labute approximate surface area is 151 Å². The van der Waals surface area contributed by atoms with Gasteiger partial charge in [0.25, 0.3) is 5.91 Å². The molecular weight excluding hydrogens is 342 g/mol. The molecule has 1 aliphatic rings. The second-order valence-corrected chi connectivity index (χ2v) is 6.75. The molecule has 1 saturated heterocycles. The van der Waals surface area contributed by atoms with E-state index in [1.54, 1.807) is 15.9 Å². The molecule has 3 amide bonds. The molecule has 1 aliphatic heterocycles. The lowest BCUT2D eigenvalue weighted by Crippen LogP contribution is -2.48. The highest BCUT2D eigenvalue weighted by Gasteiger charge is 2.41. The number of nitrogens with one attached hydrogen (secondary N) is 2. The van der Waals surface area contributed by atoms with Gasteiger partial charge >= 0.3 is 0 Å². The van der Waals surface area contributed by atoms with Crippen LogP contribution in [0.5, 0.6) is 0 Å². The van der Waals surface area contributed by atoms with E-state index in [0.29, 0.717) is 37.5 Å². The van der Waals surface area contributed by atoms with Crippen LogP contribution >= 0.6 is 11.8 Å². The highest BCUT2D eigenvalue weighted by Crippen LogP contribution is 2.21. The van der Waals surface area contributed by atoms with Crippen molar-refractivity contribution in [3.63, 3.8) is 0 Å². The van der Waals surface area contributed by atoms with Gasteiger partial charge in [-0.1, -0.05) is 0 Å². The molecule has 1 aromatic heterocycles. The van der Waals surface area contributed by atoms with E-state index in [9.17, 15) is 14.4 Å². The fourth-order valence-corrected chi connectivity index (χ4v) is 3.46. The van der Waals surface area contributed by atoms with Crippen LogP contribution in [0.25, 0.3) is 0 Å². The number of hydrogen-bond acceptors (Lipinski definition) is 5. The van der Waals surface area contributed by atoms with Crippen molar-refractivity contribution in [2.24, 2.45) is 0 Å². The third-order valence-electron chi connectivity index (χ3n) is 4.33. The van der Waals surface area contributed by atoms with Crippen LogP contribution in [0.4, 0.5) is 0 Å². The van der Waals surface area contributed by atoms with Crippen LogP contribution in [-0.2, 0) is 9.59 Å². The number of aromatic nitrogens is 2. The maximum absolute atomic E-state index is 12.8. The molecule has 2 unspecified atom stereocenters. The molecular formula is C16H25N5O3S. The van der Waals surface area contributed by atoms with Crippen molar-refractivity contribution < 1.29 is 14.4 Å². The number of hydrogen-bond donors (Lipinski definition) is 2. The number of rotatable bonds is 7. The number of nitrogens with zero attached hydrogens (tertiary/aromatic N) is 3. The van der Waals surface area contributed by atoms with Gasteiger partial charge in [-0.25, -0.2) is 0 Å². The third-order valence-corrected chi connectivity index (χ3v) is 4.87. The van der Waals surface area contributed by atoms with Crippen molar-refractivity contribution in [1.82, 2.24) is 25.3 Å². The largest absolute Gasteiger partial charge is 0.346 e. The Bertz CT molecular complexity index is 603.